The van der Waals surface area contributed by atoms with Gasteiger partial charge in [-0.3, -0.25) is 0 Å². The number of fused-ring (bicyclic) bond motifs is 1. The number of hydrogen-bond acceptors (Lipinski definition) is 1. The highest BCUT2D eigenvalue weighted by Gasteiger charge is 2.20. The van der Waals surface area contributed by atoms with Crippen LogP contribution in [0.5, 0.6) is 0 Å². The smallest absolute Gasteiger partial charge is 0.0402 e. The number of nitrogens with zero attached hydrogens (tertiary/aromatic N) is 1. The van der Waals surface area contributed by atoms with Gasteiger partial charge in [-0.1, -0.05) is 19.1 Å². The Morgan fingerprint density at radius 2 is 2.14 bits per heavy atom. The fourth-order valence-electron chi connectivity index (χ4n) is 2.24. The van der Waals surface area contributed by atoms with E-state index in [2.05, 4.69) is 43.9 Å². The van der Waals surface area contributed by atoms with Crippen LogP contribution < -0.4 is 4.90 Å². The maximum absolute atomic E-state index is 2.49. The maximum atomic E-state index is 2.49. The molecule has 76 valence electrons. The van der Waals surface area contributed by atoms with E-state index in [0.717, 1.165) is 6.42 Å². The average molecular weight is 189 g/mol. The van der Waals surface area contributed by atoms with E-state index >= 15 is 0 Å². The number of aryl methyl sites for hydroxylation is 1. The molecule has 0 unspecified atom stereocenters. The Balaban J connectivity index is 2.33. The minimum Gasteiger partial charge on any atom is -0.369 e. The van der Waals surface area contributed by atoms with Gasteiger partial charge in [0.1, 0.15) is 0 Å². The maximum Gasteiger partial charge on any atom is 0.0402 e. The van der Waals surface area contributed by atoms with Crippen molar-refractivity contribution in [2.75, 3.05) is 11.4 Å². The Morgan fingerprint density at radius 3 is 2.79 bits per heavy atom. The molecule has 0 fully saturated rings. The summed E-state index contributed by atoms with van der Waals surface area (Å²) >= 11 is 0. The predicted octanol–water partition coefficient (Wildman–Crippen LogP) is 3.02. The first-order valence-corrected chi connectivity index (χ1v) is 5.60. The molecule has 1 aromatic rings. The van der Waals surface area contributed by atoms with E-state index in [-0.39, 0.29) is 0 Å². The average Bonchev–Trinajstić information content (AvgIpc) is 2.59. The molecule has 1 heteroatoms. The normalized spacial score (nSPS) is 15.0. The van der Waals surface area contributed by atoms with E-state index < -0.39 is 0 Å². The third-order valence-electron chi connectivity index (χ3n) is 3.11. The minimum atomic E-state index is 0.628. The molecule has 0 amide bonds. The van der Waals surface area contributed by atoms with Crippen molar-refractivity contribution in [3.63, 3.8) is 0 Å². The molecule has 2 rings (SSSR count). The SMILES string of the molecule is CCc1ccc2c(c1)CCN2C(C)C. The summed E-state index contributed by atoms with van der Waals surface area (Å²) in [5.41, 5.74) is 4.46. The van der Waals surface area contributed by atoms with Gasteiger partial charge in [0, 0.05) is 18.3 Å². The lowest BCUT2D eigenvalue weighted by atomic mass is 10.1. The van der Waals surface area contributed by atoms with Crippen LogP contribution in [0.1, 0.15) is 31.9 Å². The molecule has 0 aromatic heterocycles. The summed E-state index contributed by atoms with van der Waals surface area (Å²) < 4.78 is 0. The second kappa shape index (κ2) is 3.64. The highest BCUT2D eigenvalue weighted by Crippen LogP contribution is 2.30. The molecule has 0 spiro atoms. The highest BCUT2D eigenvalue weighted by molar-refractivity contribution is 5.59. The number of benzene rings is 1. The van der Waals surface area contributed by atoms with Crippen molar-refractivity contribution in [3.05, 3.63) is 29.3 Å². The molecule has 0 saturated carbocycles. The first-order valence-electron chi connectivity index (χ1n) is 5.60. The van der Waals surface area contributed by atoms with E-state index in [0.29, 0.717) is 6.04 Å². The Morgan fingerprint density at radius 1 is 1.36 bits per heavy atom. The number of hydrogen-bond donors (Lipinski definition) is 0. The summed E-state index contributed by atoms with van der Waals surface area (Å²) in [5, 5.41) is 0. The van der Waals surface area contributed by atoms with E-state index in [1.165, 1.54) is 29.8 Å². The first-order chi connectivity index (χ1) is 6.72. The number of anilines is 1. The van der Waals surface area contributed by atoms with E-state index in [4.69, 9.17) is 0 Å². The zero-order valence-corrected chi connectivity index (χ0v) is 9.38. The van der Waals surface area contributed by atoms with Crippen LogP contribution in [0.2, 0.25) is 0 Å². The summed E-state index contributed by atoms with van der Waals surface area (Å²) in [6, 6.07) is 7.56. The van der Waals surface area contributed by atoms with Crippen LogP contribution in [0.3, 0.4) is 0 Å². The Labute approximate surface area is 86.7 Å². The molecule has 1 heterocycles. The van der Waals surface area contributed by atoms with Gasteiger partial charge in [0.15, 0.2) is 0 Å². The molecule has 0 aliphatic carbocycles. The topological polar surface area (TPSA) is 3.24 Å². The Hall–Kier alpha value is -0.980. The fourth-order valence-corrected chi connectivity index (χ4v) is 2.24. The second-order valence-electron chi connectivity index (χ2n) is 4.35. The van der Waals surface area contributed by atoms with Crippen molar-refractivity contribution in [3.8, 4) is 0 Å². The Kier molecular flexibility index (Phi) is 2.49. The van der Waals surface area contributed by atoms with Crippen molar-refractivity contribution >= 4 is 5.69 Å². The lowest BCUT2D eigenvalue weighted by Crippen LogP contribution is -2.28. The van der Waals surface area contributed by atoms with Gasteiger partial charge >= 0.3 is 0 Å². The zero-order chi connectivity index (χ0) is 10.1. The van der Waals surface area contributed by atoms with Crippen molar-refractivity contribution in [1.82, 2.24) is 0 Å². The van der Waals surface area contributed by atoms with E-state index in [1.807, 2.05) is 0 Å². The van der Waals surface area contributed by atoms with Crippen LogP contribution in [0.15, 0.2) is 18.2 Å². The van der Waals surface area contributed by atoms with Gasteiger partial charge in [-0.25, -0.2) is 0 Å². The molecule has 1 nitrogen and oxygen atoms in total. The molecule has 0 radical (unpaired) electrons. The van der Waals surface area contributed by atoms with Crippen LogP contribution in [-0.4, -0.2) is 12.6 Å². The van der Waals surface area contributed by atoms with Crippen LogP contribution in [0.25, 0.3) is 0 Å². The molecule has 1 aliphatic heterocycles. The van der Waals surface area contributed by atoms with Crippen molar-refractivity contribution in [1.29, 1.82) is 0 Å². The molecule has 0 atom stereocenters. The second-order valence-corrected chi connectivity index (χ2v) is 4.35. The van der Waals surface area contributed by atoms with Gasteiger partial charge in [0.05, 0.1) is 0 Å². The van der Waals surface area contributed by atoms with Gasteiger partial charge in [0.2, 0.25) is 0 Å². The van der Waals surface area contributed by atoms with Crippen LogP contribution >= 0.6 is 0 Å². The van der Waals surface area contributed by atoms with Gasteiger partial charge < -0.3 is 4.90 Å². The molecule has 0 N–H and O–H groups in total. The molecular formula is C13H19N. The monoisotopic (exact) mass is 189 g/mol. The third kappa shape index (κ3) is 1.52. The summed E-state index contributed by atoms with van der Waals surface area (Å²) in [7, 11) is 0. The van der Waals surface area contributed by atoms with Gasteiger partial charge in [-0.2, -0.15) is 0 Å². The fraction of sp³-hybridized carbons (Fsp3) is 0.538. The third-order valence-corrected chi connectivity index (χ3v) is 3.11. The standard InChI is InChI=1S/C13H19N/c1-4-11-5-6-13-12(9-11)7-8-14(13)10(2)3/h5-6,9-10H,4,7-8H2,1-3H3. The lowest BCUT2D eigenvalue weighted by Gasteiger charge is -2.23. The molecule has 0 saturated heterocycles. The molecular weight excluding hydrogens is 170 g/mol. The first kappa shape index (κ1) is 9.57. The Bertz CT molecular complexity index is 328. The summed E-state index contributed by atoms with van der Waals surface area (Å²) in [6.45, 7) is 7.95. The van der Waals surface area contributed by atoms with Crippen molar-refractivity contribution in [2.24, 2.45) is 0 Å². The lowest BCUT2D eigenvalue weighted by molar-refractivity contribution is 0.710. The summed E-state index contributed by atoms with van der Waals surface area (Å²) in [6.07, 6.45) is 2.37. The van der Waals surface area contributed by atoms with Gasteiger partial charge in [-0.15, -0.1) is 0 Å². The quantitative estimate of drug-likeness (QED) is 0.691. The summed E-state index contributed by atoms with van der Waals surface area (Å²) in [5.74, 6) is 0. The molecule has 1 aliphatic rings. The van der Waals surface area contributed by atoms with Gasteiger partial charge in [0.25, 0.3) is 0 Å². The largest absolute Gasteiger partial charge is 0.369 e. The zero-order valence-electron chi connectivity index (χ0n) is 9.38. The molecule has 0 bridgehead atoms. The minimum absolute atomic E-state index is 0.628. The molecule has 1 aromatic carbocycles. The van der Waals surface area contributed by atoms with Crippen molar-refractivity contribution in [2.45, 2.75) is 39.7 Å². The van der Waals surface area contributed by atoms with E-state index in [1.54, 1.807) is 0 Å². The van der Waals surface area contributed by atoms with Crippen molar-refractivity contribution < 1.29 is 0 Å². The van der Waals surface area contributed by atoms with Crippen LogP contribution in [-0.2, 0) is 12.8 Å². The van der Waals surface area contributed by atoms with Gasteiger partial charge in [-0.05, 0) is 43.9 Å². The molecule has 14 heavy (non-hydrogen) atoms. The van der Waals surface area contributed by atoms with E-state index in [9.17, 15) is 0 Å². The number of rotatable bonds is 2. The van der Waals surface area contributed by atoms with Crippen LogP contribution in [0, 0.1) is 0 Å². The predicted molar refractivity (Wildman–Crippen MR) is 62.0 cm³/mol. The highest BCUT2D eigenvalue weighted by atomic mass is 15.2. The van der Waals surface area contributed by atoms with Crippen LogP contribution in [0.4, 0.5) is 5.69 Å². The summed E-state index contributed by atoms with van der Waals surface area (Å²) in [4.78, 5) is 2.49.